The lowest BCUT2D eigenvalue weighted by Gasteiger charge is -2.43. The van der Waals surface area contributed by atoms with Gasteiger partial charge in [0.05, 0.1) is 21.3 Å². The van der Waals surface area contributed by atoms with E-state index < -0.39 is 17.5 Å². The Morgan fingerprint density at radius 3 is 2.59 bits per heavy atom. The summed E-state index contributed by atoms with van der Waals surface area (Å²) >= 11 is 12.2. The van der Waals surface area contributed by atoms with Gasteiger partial charge in [0, 0.05) is 37.2 Å². The second-order valence-corrected chi connectivity index (χ2v) is 10.1. The number of benzene rings is 1. The molecule has 184 valence electrons. The summed E-state index contributed by atoms with van der Waals surface area (Å²) in [4.78, 5) is 43.6. The maximum absolute atomic E-state index is 13.7. The van der Waals surface area contributed by atoms with Gasteiger partial charge in [-0.25, -0.2) is 4.79 Å². The van der Waals surface area contributed by atoms with Gasteiger partial charge < -0.3 is 25.6 Å². The Balaban J connectivity index is 1.95. The number of aromatic amines is 1. The van der Waals surface area contributed by atoms with Crippen molar-refractivity contribution in [2.75, 3.05) is 30.3 Å². The van der Waals surface area contributed by atoms with Crippen molar-refractivity contribution >= 4 is 52.6 Å². The zero-order valence-corrected chi connectivity index (χ0v) is 21.0. The summed E-state index contributed by atoms with van der Waals surface area (Å²) in [5.41, 5.74) is -0.342. The van der Waals surface area contributed by atoms with Gasteiger partial charge in [-0.2, -0.15) is 0 Å². The quantitative estimate of drug-likeness (QED) is 0.417. The van der Waals surface area contributed by atoms with Crippen molar-refractivity contribution in [3.63, 3.8) is 0 Å². The minimum Gasteiger partial charge on any atom is -0.396 e. The van der Waals surface area contributed by atoms with Crippen LogP contribution in [-0.4, -0.2) is 58.1 Å². The SMILES string of the molecule is CC(C)(C)c1cc(C(=O)N2CCNC(=O)C2(C)CCO)c(NC(=O)Nc2cccc(Cl)c2Cl)[nH]1. The fraction of sp³-hybridized carbons (Fsp3) is 0.435. The molecule has 11 heteroatoms. The predicted octanol–water partition coefficient (Wildman–Crippen LogP) is 3.98. The Morgan fingerprint density at radius 1 is 1.24 bits per heavy atom. The number of hydrogen-bond donors (Lipinski definition) is 5. The number of aliphatic hydroxyl groups excluding tert-OH is 1. The van der Waals surface area contributed by atoms with Gasteiger partial charge in [0.15, 0.2) is 0 Å². The molecule has 1 saturated heterocycles. The van der Waals surface area contributed by atoms with Crippen LogP contribution in [0.4, 0.5) is 16.3 Å². The van der Waals surface area contributed by atoms with E-state index in [1.807, 2.05) is 20.8 Å². The van der Waals surface area contributed by atoms with Crippen LogP contribution in [0.5, 0.6) is 0 Å². The summed E-state index contributed by atoms with van der Waals surface area (Å²) in [6.07, 6.45) is 0.0810. The van der Waals surface area contributed by atoms with Crippen molar-refractivity contribution < 1.29 is 19.5 Å². The van der Waals surface area contributed by atoms with Crippen molar-refractivity contribution in [2.24, 2.45) is 0 Å². The molecule has 1 aliphatic rings. The Morgan fingerprint density at radius 2 is 1.94 bits per heavy atom. The van der Waals surface area contributed by atoms with Gasteiger partial charge in [0.2, 0.25) is 5.91 Å². The normalized spacial score (nSPS) is 18.4. The smallest absolute Gasteiger partial charge is 0.324 e. The highest BCUT2D eigenvalue weighted by atomic mass is 35.5. The predicted molar refractivity (Wildman–Crippen MR) is 133 cm³/mol. The van der Waals surface area contributed by atoms with E-state index in [9.17, 15) is 19.5 Å². The van der Waals surface area contributed by atoms with Gasteiger partial charge in [-0.1, -0.05) is 50.0 Å². The number of anilines is 2. The van der Waals surface area contributed by atoms with Gasteiger partial charge in [-0.3, -0.25) is 14.9 Å². The van der Waals surface area contributed by atoms with E-state index in [4.69, 9.17) is 23.2 Å². The number of carbonyl (C=O) groups excluding carboxylic acids is 3. The highest BCUT2D eigenvalue weighted by Crippen LogP contribution is 2.32. The number of nitrogens with one attached hydrogen (secondary N) is 4. The monoisotopic (exact) mass is 509 g/mol. The molecule has 2 heterocycles. The number of carbonyl (C=O) groups is 3. The standard InChI is InChI=1S/C23H29Cl2N5O4/c1-22(2,3)16-12-13(19(32)30-10-9-26-20(33)23(30,4)8-11-31)18(28-16)29-21(34)27-15-7-5-6-14(24)17(15)25/h5-7,12,28,31H,8-11H2,1-4H3,(H,26,33)(H2,27,29,34). The average molecular weight is 510 g/mol. The van der Waals surface area contributed by atoms with Gasteiger partial charge in [-0.15, -0.1) is 0 Å². The topological polar surface area (TPSA) is 127 Å². The summed E-state index contributed by atoms with van der Waals surface area (Å²) in [5, 5.41) is 18.1. The molecule has 1 fully saturated rings. The third kappa shape index (κ3) is 5.16. The maximum Gasteiger partial charge on any atom is 0.324 e. The molecular formula is C23H29Cl2N5O4. The van der Waals surface area contributed by atoms with E-state index in [-0.39, 0.29) is 52.3 Å². The Hall–Kier alpha value is -2.75. The first-order chi connectivity index (χ1) is 15.9. The van der Waals surface area contributed by atoms with Crippen molar-refractivity contribution in [1.29, 1.82) is 0 Å². The molecule has 1 atom stereocenters. The lowest BCUT2D eigenvalue weighted by Crippen LogP contribution is -2.65. The van der Waals surface area contributed by atoms with Gasteiger partial charge >= 0.3 is 6.03 Å². The molecule has 9 nitrogen and oxygen atoms in total. The summed E-state index contributed by atoms with van der Waals surface area (Å²) in [6.45, 7) is 7.81. The third-order valence-corrected chi connectivity index (χ3v) is 6.66. The Labute approximate surface area is 208 Å². The van der Waals surface area contributed by atoms with E-state index in [1.165, 1.54) is 4.90 Å². The first kappa shape index (κ1) is 25.9. The van der Waals surface area contributed by atoms with E-state index in [2.05, 4.69) is 20.9 Å². The van der Waals surface area contributed by atoms with Crippen LogP contribution in [0.25, 0.3) is 0 Å². The number of amides is 4. The molecule has 0 bridgehead atoms. The Bertz CT molecular complexity index is 1110. The minimum atomic E-state index is -1.23. The van der Waals surface area contributed by atoms with Gasteiger partial charge in [0.1, 0.15) is 11.4 Å². The minimum absolute atomic E-state index is 0.0810. The number of rotatable bonds is 5. The zero-order chi connectivity index (χ0) is 25.3. The van der Waals surface area contributed by atoms with Crippen LogP contribution in [0.3, 0.4) is 0 Å². The second-order valence-electron chi connectivity index (χ2n) is 9.36. The summed E-state index contributed by atoms with van der Waals surface area (Å²) in [5.74, 6) is -0.591. The summed E-state index contributed by atoms with van der Waals surface area (Å²) in [6, 6.07) is 5.89. The molecular weight excluding hydrogens is 481 g/mol. The van der Waals surface area contributed by atoms with Crippen molar-refractivity contribution in [3.8, 4) is 0 Å². The molecule has 2 aromatic rings. The fourth-order valence-corrected chi connectivity index (χ4v) is 4.12. The van der Waals surface area contributed by atoms with Crippen molar-refractivity contribution in [2.45, 2.75) is 45.1 Å². The lowest BCUT2D eigenvalue weighted by atomic mass is 9.90. The molecule has 1 aromatic heterocycles. The van der Waals surface area contributed by atoms with Crippen LogP contribution in [0.2, 0.25) is 10.0 Å². The van der Waals surface area contributed by atoms with Crippen LogP contribution < -0.4 is 16.0 Å². The molecule has 1 aromatic carbocycles. The zero-order valence-electron chi connectivity index (χ0n) is 19.5. The van der Waals surface area contributed by atoms with Crippen molar-refractivity contribution in [3.05, 3.63) is 45.6 Å². The second kappa shape index (κ2) is 9.85. The van der Waals surface area contributed by atoms with Crippen LogP contribution in [0.15, 0.2) is 24.3 Å². The number of aromatic nitrogens is 1. The molecule has 34 heavy (non-hydrogen) atoms. The van der Waals surface area contributed by atoms with Crippen LogP contribution >= 0.6 is 23.2 Å². The van der Waals surface area contributed by atoms with Crippen LogP contribution in [0, 0.1) is 0 Å². The number of halogens is 2. The number of hydrogen-bond acceptors (Lipinski definition) is 4. The number of nitrogens with zero attached hydrogens (tertiary/aromatic N) is 1. The molecule has 0 radical (unpaired) electrons. The molecule has 1 aliphatic heterocycles. The van der Waals surface area contributed by atoms with E-state index in [0.29, 0.717) is 12.2 Å². The highest BCUT2D eigenvalue weighted by molar-refractivity contribution is 6.44. The number of piperazine rings is 1. The number of aliphatic hydroxyl groups is 1. The van der Waals surface area contributed by atoms with E-state index in [0.717, 1.165) is 5.69 Å². The molecule has 1 unspecified atom stereocenters. The first-order valence-corrected chi connectivity index (χ1v) is 11.6. The molecule has 0 spiro atoms. The first-order valence-electron chi connectivity index (χ1n) is 10.8. The van der Waals surface area contributed by atoms with Crippen molar-refractivity contribution in [1.82, 2.24) is 15.2 Å². The van der Waals surface area contributed by atoms with Gasteiger partial charge in [0.25, 0.3) is 5.91 Å². The highest BCUT2D eigenvalue weighted by Gasteiger charge is 2.45. The molecule has 3 rings (SSSR count). The third-order valence-electron chi connectivity index (χ3n) is 5.84. The summed E-state index contributed by atoms with van der Waals surface area (Å²) in [7, 11) is 0. The largest absolute Gasteiger partial charge is 0.396 e. The fourth-order valence-electron chi connectivity index (χ4n) is 3.77. The Kier molecular flexibility index (Phi) is 7.50. The lowest BCUT2D eigenvalue weighted by molar-refractivity contribution is -0.135. The number of urea groups is 1. The molecule has 4 amide bonds. The van der Waals surface area contributed by atoms with Crippen LogP contribution in [-0.2, 0) is 10.2 Å². The summed E-state index contributed by atoms with van der Waals surface area (Å²) < 4.78 is 0. The number of H-pyrrole nitrogens is 1. The van der Waals surface area contributed by atoms with Crippen LogP contribution in [0.1, 0.15) is 50.2 Å². The van der Waals surface area contributed by atoms with Gasteiger partial charge in [-0.05, 0) is 25.1 Å². The average Bonchev–Trinajstić information content (AvgIpc) is 3.17. The van der Waals surface area contributed by atoms with E-state index >= 15 is 0 Å². The molecule has 0 aliphatic carbocycles. The maximum atomic E-state index is 13.7. The molecule has 5 N–H and O–H groups in total. The van der Waals surface area contributed by atoms with E-state index in [1.54, 1.807) is 31.2 Å². The molecule has 0 saturated carbocycles.